The van der Waals surface area contributed by atoms with E-state index in [1.54, 1.807) is 24.3 Å². The highest BCUT2D eigenvalue weighted by Gasteiger charge is 2.07. The highest BCUT2D eigenvalue weighted by atomic mass is 16.6. The zero-order chi connectivity index (χ0) is 18.4. The van der Waals surface area contributed by atoms with Gasteiger partial charge in [-0.1, -0.05) is 42.5 Å². The molecule has 4 nitrogen and oxygen atoms in total. The minimum absolute atomic E-state index is 0.0369. The lowest BCUT2D eigenvalue weighted by molar-refractivity contribution is -0.136. The summed E-state index contributed by atoms with van der Waals surface area (Å²) in [6, 6.07) is 23.9. The fraction of sp³-hybridized carbons (Fsp3) is 0.0909. The van der Waals surface area contributed by atoms with E-state index in [2.05, 4.69) is 0 Å². The number of hydrogen-bond acceptors (Lipinski definition) is 4. The maximum atomic E-state index is 11.9. The molecule has 4 heteroatoms. The van der Waals surface area contributed by atoms with E-state index in [1.165, 1.54) is 6.92 Å². The van der Waals surface area contributed by atoms with Crippen LogP contribution in [-0.4, -0.2) is 18.4 Å². The van der Waals surface area contributed by atoms with Crippen LogP contribution in [-0.2, 0) is 4.79 Å². The average Bonchev–Trinajstić information content (AvgIpc) is 2.68. The van der Waals surface area contributed by atoms with Crippen LogP contribution in [0.3, 0.4) is 0 Å². The average molecular weight is 346 g/mol. The molecular formula is C22H18O4. The van der Waals surface area contributed by atoms with Crippen LogP contribution < -0.4 is 9.47 Å². The molecule has 0 aliphatic heterocycles. The number of Topliss-reactive ketones (excluding diaryl/α,β-unsaturated/α-hetero) is 1. The molecule has 26 heavy (non-hydrogen) atoms. The minimum atomic E-state index is -0.507. The molecule has 0 aliphatic rings. The molecule has 0 saturated heterocycles. The van der Waals surface area contributed by atoms with Gasteiger partial charge in [0.25, 0.3) is 0 Å². The quantitative estimate of drug-likeness (QED) is 0.373. The summed E-state index contributed by atoms with van der Waals surface area (Å²) in [7, 11) is 0. The van der Waals surface area contributed by atoms with Gasteiger partial charge in [0.1, 0.15) is 11.5 Å². The van der Waals surface area contributed by atoms with Gasteiger partial charge in [0, 0.05) is 5.56 Å². The van der Waals surface area contributed by atoms with Crippen LogP contribution in [0.4, 0.5) is 0 Å². The lowest BCUT2D eigenvalue weighted by atomic mass is 10.1. The molecule has 0 atom stereocenters. The van der Waals surface area contributed by atoms with Crippen molar-refractivity contribution in [2.45, 2.75) is 6.92 Å². The maximum absolute atomic E-state index is 11.9. The summed E-state index contributed by atoms with van der Waals surface area (Å²) >= 11 is 0. The van der Waals surface area contributed by atoms with Crippen LogP contribution in [0.25, 0.3) is 11.1 Å². The predicted octanol–water partition coefficient (Wildman–Crippen LogP) is 4.54. The normalized spacial score (nSPS) is 10.2. The van der Waals surface area contributed by atoms with Crippen LogP contribution in [0.1, 0.15) is 17.3 Å². The Hall–Kier alpha value is -3.40. The van der Waals surface area contributed by atoms with Crippen LogP contribution >= 0.6 is 0 Å². The molecule has 3 aromatic carbocycles. The molecule has 3 rings (SSSR count). The second kappa shape index (κ2) is 8.12. The maximum Gasteiger partial charge on any atom is 0.349 e. The number of rotatable bonds is 6. The van der Waals surface area contributed by atoms with Crippen molar-refractivity contribution in [3.05, 3.63) is 84.4 Å². The number of ether oxygens (including phenoxy) is 2. The molecule has 0 bridgehead atoms. The summed E-state index contributed by atoms with van der Waals surface area (Å²) in [5.41, 5.74) is 2.76. The summed E-state index contributed by atoms with van der Waals surface area (Å²) < 4.78 is 10.7. The third-order valence-corrected chi connectivity index (χ3v) is 3.81. The van der Waals surface area contributed by atoms with E-state index in [0.717, 1.165) is 11.1 Å². The molecule has 130 valence electrons. The van der Waals surface area contributed by atoms with E-state index in [9.17, 15) is 9.59 Å². The largest absolute Gasteiger partial charge is 0.482 e. The second-order valence-electron chi connectivity index (χ2n) is 5.73. The number of hydrogen-bond donors (Lipinski definition) is 0. The van der Waals surface area contributed by atoms with E-state index in [4.69, 9.17) is 9.47 Å². The lowest BCUT2D eigenvalue weighted by Gasteiger charge is -2.08. The molecule has 3 aromatic rings. The predicted molar refractivity (Wildman–Crippen MR) is 99.5 cm³/mol. The number of benzene rings is 3. The van der Waals surface area contributed by atoms with E-state index in [-0.39, 0.29) is 12.4 Å². The molecule has 0 amide bonds. The Morgan fingerprint density at radius 2 is 1.31 bits per heavy atom. The van der Waals surface area contributed by atoms with Gasteiger partial charge in [-0.2, -0.15) is 0 Å². The van der Waals surface area contributed by atoms with Crippen molar-refractivity contribution in [1.82, 2.24) is 0 Å². The van der Waals surface area contributed by atoms with Crippen molar-refractivity contribution in [3.63, 3.8) is 0 Å². The van der Waals surface area contributed by atoms with Gasteiger partial charge in [0.2, 0.25) is 0 Å². The standard InChI is InChI=1S/C22H18O4/c1-16(23)17-7-13-21(14-8-17)26-22(24)15-25-20-11-9-19(10-12-20)18-5-3-2-4-6-18/h2-14H,15H2,1H3. The Labute approximate surface area is 152 Å². The zero-order valence-corrected chi connectivity index (χ0v) is 14.3. The summed E-state index contributed by atoms with van der Waals surface area (Å²) in [4.78, 5) is 23.1. The van der Waals surface area contributed by atoms with Crippen LogP contribution in [0, 0.1) is 0 Å². The zero-order valence-electron chi connectivity index (χ0n) is 14.3. The number of carbonyl (C=O) groups is 2. The monoisotopic (exact) mass is 346 g/mol. The van der Waals surface area contributed by atoms with Crippen molar-refractivity contribution in [2.24, 2.45) is 0 Å². The minimum Gasteiger partial charge on any atom is -0.482 e. The molecule has 0 spiro atoms. The fourth-order valence-corrected chi connectivity index (χ4v) is 2.44. The number of ketones is 1. The molecule has 0 aromatic heterocycles. The summed E-state index contributed by atoms with van der Waals surface area (Å²) in [6.07, 6.45) is 0. The van der Waals surface area contributed by atoms with Gasteiger partial charge in [0.05, 0.1) is 0 Å². The Bertz CT molecular complexity index is 882. The van der Waals surface area contributed by atoms with Crippen molar-refractivity contribution < 1.29 is 19.1 Å². The highest BCUT2D eigenvalue weighted by molar-refractivity contribution is 5.94. The number of esters is 1. The Balaban J connectivity index is 1.53. The fourth-order valence-electron chi connectivity index (χ4n) is 2.44. The van der Waals surface area contributed by atoms with E-state index >= 15 is 0 Å². The van der Waals surface area contributed by atoms with Crippen molar-refractivity contribution in [3.8, 4) is 22.6 Å². The van der Waals surface area contributed by atoms with E-state index < -0.39 is 5.97 Å². The first-order valence-corrected chi connectivity index (χ1v) is 8.22. The van der Waals surface area contributed by atoms with Crippen LogP contribution in [0.5, 0.6) is 11.5 Å². The Kier molecular flexibility index (Phi) is 5.44. The van der Waals surface area contributed by atoms with Crippen molar-refractivity contribution in [1.29, 1.82) is 0 Å². The van der Waals surface area contributed by atoms with Crippen LogP contribution in [0.15, 0.2) is 78.9 Å². The smallest absolute Gasteiger partial charge is 0.349 e. The van der Waals surface area contributed by atoms with Gasteiger partial charge < -0.3 is 9.47 Å². The van der Waals surface area contributed by atoms with E-state index in [0.29, 0.717) is 17.1 Å². The molecular weight excluding hydrogens is 328 g/mol. The first-order valence-electron chi connectivity index (χ1n) is 8.22. The molecule has 0 heterocycles. The summed E-state index contributed by atoms with van der Waals surface area (Å²) in [6.45, 7) is 1.29. The molecule has 0 saturated carbocycles. The third kappa shape index (κ3) is 4.57. The van der Waals surface area contributed by atoms with Gasteiger partial charge in [0.15, 0.2) is 12.4 Å². The Morgan fingerprint density at radius 3 is 1.92 bits per heavy atom. The topological polar surface area (TPSA) is 52.6 Å². The molecule has 0 unspecified atom stereocenters. The van der Waals surface area contributed by atoms with Crippen LogP contribution in [0.2, 0.25) is 0 Å². The van der Waals surface area contributed by atoms with Gasteiger partial charge in [-0.05, 0) is 54.4 Å². The van der Waals surface area contributed by atoms with Gasteiger partial charge in [-0.3, -0.25) is 4.79 Å². The third-order valence-electron chi connectivity index (χ3n) is 3.81. The van der Waals surface area contributed by atoms with Gasteiger partial charge >= 0.3 is 5.97 Å². The van der Waals surface area contributed by atoms with Gasteiger partial charge in [-0.15, -0.1) is 0 Å². The summed E-state index contributed by atoms with van der Waals surface area (Å²) in [5.74, 6) is 0.425. The molecule has 0 radical (unpaired) electrons. The summed E-state index contributed by atoms with van der Waals surface area (Å²) in [5, 5.41) is 0. The van der Waals surface area contributed by atoms with Crippen molar-refractivity contribution in [2.75, 3.05) is 6.61 Å². The highest BCUT2D eigenvalue weighted by Crippen LogP contribution is 2.22. The first-order chi connectivity index (χ1) is 12.6. The Morgan fingerprint density at radius 1 is 0.731 bits per heavy atom. The molecule has 0 fully saturated rings. The second-order valence-corrected chi connectivity index (χ2v) is 5.73. The van der Waals surface area contributed by atoms with Gasteiger partial charge in [-0.25, -0.2) is 4.79 Å². The van der Waals surface area contributed by atoms with E-state index in [1.807, 2.05) is 54.6 Å². The number of carbonyl (C=O) groups excluding carboxylic acids is 2. The molecule has 0 aliphatic carbocycles. The van der Waals surface area contributed by atoms with Crippen molar-refractivity contribution >= 4 is 11.8 Å². The lowest BCUT2D eigenvalue weighted by Crippen LogP contribution is -2.17. The SMILES string of the molecule is CC(=O)c1ccc(OC(=O)COc2ccc(-c3ccccc3)cc2)cc1. The first kappa shape index (κ1) is 17.4. The molecule has 0 N–H and O–H groups in total.